The van der Waals surface area contributed by atoms with Gasteiger partial charge in [-0.05, 0) is 6.92 Å². The molecule has 0 saturated carbocycles. The Labute approximate surface area is 218 Å². The van der Waals surface area contributed by atoms with E-state index in [0.717, 1.165) is 0 Å². The number of aromatic nitrogens is 2. The maximum Gasteiger partial charge on any atom is 0.308 e. The number of nitrogens with one attached hydrogen (secondary N) is 1. The highest BCUT2D eigenvalue weighted by molar-refractivity contribution is 6.10. The van der Waals surface area contributed by atoms with Gasteiger partial charge < -0.3 is 34.6 Å². The van der Waals surface area contributed by atoms with Crippen LogP contribution in [0.25, 0.3) is 10.8 Å². The van der Waals surface area contributed by atoms with Crippen LogP contribution in [0.15, 0.2) is 22.1 Å². The van der Waals surface area contributed by atoms with Gasteiger partial charge in [0.25, 0.3) is 5.56 Å². The second kappa shape index (κ2) is 10.0. The van der Waals surface area contributed by atoms with Crippen LogP contribution in [0.4, 0.5) is 17.3 Å². The minimum atomic E-state index is -1.58. The average Bonchev–Trinajstić information content (AvgIpc) is 3.28. The number of nitrogen functional groups attached to an aromatic ring is 1. The molecule has 0 amide bonds. The summed E-state index contributed by atoms with van der Waals surface area (Å²) in [5.74, 6) is -2.00. The minimum absolute atomic E-state index is 0.153. The van der Waals surface area contributed by atoms with Crippen molar-refractivity contribution in [2.75, 3.05) is 17.7 Å². The Balaban J connectivity index is 1.87. The summed E-state index contributed by atoms with van der Waals surface area (Å²) in [6.07, 6.45) is -0.273. The first-order chi connectivity index (χ1) is 17.8. The van der Waals surface area contributed by atoms with Gasteiger partial charge in [0.1, 0.15) is 24.3 Å². The molecule has 4 rings (SSSR count). The van der Waals surface area contributed by atoms with Crippen LogP contribution in [0.3, 0.4) is 0 Å². The van der Waals surface area contributed by atoms with Gasteiger partial charge in [0.15, 0.2) is 17.9 Å². The number of rotatable bonds is 7. The molecule has 204 valence electrons. The molecule has 2 aliphatic rings. The lowest BCUT2D eigenvalue weighted by Crippen LogP contribution is -2.50. The molecule has 2 aromatic rings. The Morgan fingerprint density at radius 2 is 1.89 bits per heavy atom. The standard InChI is InChI=1S/C25H31N5O8/c1-11(2)22(33)35-9-16-19(37-23(34)12(3)4)25(6,38-13(5)31)24(36-16)30-8-14-15(26)7-17(32)29-20-18(14)21(30)28-10-27-20/h7-8,10-12,16,19,24H,9,26H2,1-6H3,(H,27,28,29,32)/t16-,19-,24-,25+/m1/s1. The first-order valence-corrected chi connectivity index (χ1v) is 12.2. The molecular weight excluding hydrogens is 498 g/mol. The number of carbonyl (C=O) groups is 3. The number of nitrogens with two attached hydrogens (primary N) is 1. The van der Waals surface area contributed by atoms with Crippen LogP contribution < -0.4 is 16.6 Å². The van der Waals surface area contributed by atoms with E-state index >= 15 is 0 Å². The smallest absolute Gasteiger partial charge is 0.308 e. The molecule has 0 spiro atoms. The Bertz CT molecular complexity index is 1380. The molecule has 0 aromatic carbocycles. The predicted molar refractivity (Wildman–Crippen MR) is 137 cm³/mol. The van der Waals surface area contributed by atoms with Crippen LogP contribution in [0.1, 0.15) is 47.8 Å². The molecule has 38 heavy (non-hydrogen) atoms. The van der Waals surface area contributed by atoms with Gasteiger partial charge >= 0.3 is 17.9 Å². The largest absolute Gasteiger partial charge is 0.463 e. The highest BCUT2D eigenvalue weighted by Crippen LogP contribution is 2.48. The van der Waals surface area contributed by atoms with Crippen molar-refractivity contribution in [3.8, 4) is 0 Å². The highest BCUT2D eigenvalue weighted by atomic mass is 16.7. The summed E-state index contributed by atoms with van der Waals surface area (Å²) in [6.45, 7) is 9.24. The zero-order valence-electron chi connectivity index (χ0n) is 22.0. The summed E-state index contributed by atoms with van der Waals surface area (Å²) in [6, 6.07) is 1.19. The van der Waals surface area contributed by atoms with Crippen LogP contribution in [0.5, 0.6) is 0 Å². The summed E-state index contributed by atoms with van der Waals surface area (Å²) in [5, 5.41) is 3.75. The SMILES string of the molecule is CC(=O)O[C@@]1(C)[C@H](OC(=O)C(C)C)[C@@H](COC(=O)C(C)C)O[C@H]1n1cc2c(N)cc(=O)nc3c2c1N=CN3. The van der Waals surface area contributed by atoms with E-state index in [2.05, 4.69) is 15.3 Å². The Hall–Kier alpha value is -4.00. The molecule has 1 saturated heterocycles. The summed E-state index contributed by atoms with van der Waals surface area (Å²) in [4.78, 5) is 57.9. The van der Waals surface area contributed by atoms with Gasteiger partial charge in [-0.1, -0.05) is 27.7 Å². The molecule has 0 bridgehead atoms. The van der Waals surface area contributed by atoms with Crippen LogP contribution in [0, 0.1) is 11.8 Å². The summed E-state index contributed by atoms with van der Waals surface area (Å²) in [7, 11) is 0. The van der Waals surface area contributed by atoms with Gasteiger partial charge in [0.2, 0.25) is 0 Å². The van der Waals surface area contributed by atoms with Gasteiger partial charge in [-0.15, -0.1) is 0 Å². The first kappa shape index (κ1) is 27.0. The molecule has 4 atom stereocenters. The summed E-state index contributed by atoms with van der Waals surface area (Å²) < 4.78 is 24.9. The Morgan fingerprint density at radius 3 is 2.53 bits per heavy atom. The molecule has 0 aliphatic carbocycles. The van der Waals surface area contributed by atoms with E-state index in [4.69, 9.17) is 24.7 Å². The molecule has 2 aliphatic heterocycles. The lowest BCUT2D eigenvalue weighted by Gasteiger charge is -2.35. The van der Waals surface area contributed by atoms with Crippen LogP contribution in [-0.2, 0) is 33.3 Å². The highest BCUT2D eigenvalue weighted by Gasteiger charge is 2.60. The molecular formula is C25H31N5O8. The van der Waals surface area contributed by atoms with Gasteiger partial charge in [0, 0.05) is 30.3 Å². The van der Waals surface area contributed by atoms with Gasteiger partial charge in [-0.25, -0.2) is 4.99 Å². The first-order valence-electron chi connectivity index (χ1n) is 12.2. The van der Waals surface area contributed by atoms with Crippen molar-refractivity contribution in [2.24, 2.45) is 16.8 Å². The molecule has 13 nitrogen and oxygen atoms in total. The van der Waals surface area contributed by atoms with Crippen molar-refractivity contribution in [2.45, 2.75) is 65.6 Å². The minimum Gasteiger partial charge on any atom is -0.463 e. The van der Waals surface area contributed by atoms with E-state index in [0.29, 0.717) is 16.6 Å². The third-order valence-corrected chi connectivity index (χ3v) is 6.33. The maximum atomic E-state index is 12.7. The monoisotopic (exact) mass is 529 g/mol. The Morgan fingerprint density at radius 1 is 1.21 bits per heavy atom. The number of esters is 3. The van der Waals surface area contributed by atoms with E-state index in [1.807, 2.05) is 0 Å². The third kappa shape index (κ3) is 4.80. The second-order valence-corrected chi connectivity index (χ2v) is 10.1. The normalized spacial score (nSPS) is 23.9. The molecule has 0 radical (unpaired) electrons. The van der Waals surface area contributed by atoms with Crippen molar-refractivity contribution in [1.82, 2.24) is 9.55 Å². The zero-order chi connectivity index (χ0) is 27.9. The predicted octanol–water partition coefficient (Wildman–Crippen LogP) is 2.05. The number of aliphatic imine (C=N–C) groups is 1. The molecule has 4 heterocycles. The lowest BCUT2D eigenvalue weighted by atomic mass is 9.95. The quantitative estimate of drug-likeness (QED) is 0.397. The van der Waals surface area contributed by atoms with E-state index in [1.54, 1.807) is 45.4 Å². The number of hydrogen-bond donors (Lipinski definition) is 2. The maximum absolute atomic E-state index is 12.7. The lowest BCUT2D eigenvalue weighted by molar-refractivity contribution is -0.187. The molecule has 2 aromatic heterocycles. The van der Waals surface area contributed by atoms with Gasteiger partial charge in [-0.2, -0.15) is 4.98 Å². The van der Waals surface area contributed by atoms with Gasteiger partial charge in [-0.3, -0.25) is 19.2 Å². The molecule has 1 fully saturated rings. The molecule has 3 N–H and O–H groups in total. The van der Waals surface area contributed by atoms with Crippen LogP contribution in [-0.4, -0.2) is 58.2 Å². The fraction of sp³-hybridized carbons (Fsp3) is 0.520. The fourth-order valence-electron chi connectivity index (χ4n) is 4.50. The fourth-order valence-corrected chi connectivity index (χ4v) is 4.50. The van der Waals surface area contributed by atoms with E-state index < -0.39 is 59.3 Å². The number of nitrogens with zero attached hydrogens (tertiary/aromatic N) is 3. The topological polar surface area (TPSA) is 173 Å². The average molecular weight is 530 g/mol. The number of carbonyl (C=O) groups excluding carboxylic acids is 3. The van der Waals surface area contributed by atoms with E-state index in [-0.39, 0.29) is 18.1 Å². The van der Waals surface area contributed by atoms with Crippen LogP contribution >= 0.6 is 0 Å². The summed E-state index contributed by atoms with van der Waals surface area (Å²) in [5.41, 5.74) is 4.23. The Kier molecular flexibility index (Phi) is 7.15. The van der Waals surface area contributed by atoms with Crippen molar-refractivity contribution >= 4 is 52.3 Å². The van der Waals surface area contributed by atoms with Crippen molar-refractivity contribution in [3.63, 3.8) is 0 Å². The van der Waals surface area contributed by atoms with Crippen molar-refractivity contribution in [1.29, 1.82) is 0 Å². The summed E-state index contributed by atoms with van der Waals surface area (Å²) >= 11 is 0. The zero-order valence-corrected chi connectivity index (χ0v) is 22.0. The van der Waals surface area contributed by atoms with Crippen molar-refractivity contribution in [3.05, 3.63) is 22.6 Å². The number of anilines is 2. The van der Waals surface area contributed by atoms with E-state index in [9.17, 15) is 19.2 Å². The second-order valence-electron chi connectivity index (χ2n) is 10.1. The molecule has 0 unspecified atom stereocenters. The number of ether oxygens (including phenoxy) is 4. The van der Waals surface area contributed by atoms with Crippen molar-refractivity contribution < 1.29 is 33.3 Å². The van der Waals surface area contributed by atoms with E-state index in [1.165, 1.54) is 19.3 Å². The van der Waals surface area contributed by atoms with Gasteiger partial charge in [0.05, 0.1) is 23.6 Å². The number of hydrogen-bond acceptors (Lipinski definition) is 12. The third-order valence-electron chi connectivity index (χ3n) is 6.33. The molecule has 13 heteroatoms. The van der Waals surface area contributed by atoms with Crippen LogP contribution in [0.2, 0.25) is 0 Å².